The topological polar surface area (TPSA) is 92.4 Å². The number of rotatable bonds is 8. The summed E-state index contributed by atoms with van der Waals surface area (Å²) in [6.07, 6.45) is 1.56. The van der Waals surface area contributed by atoms with Crippen molar-refractivity contribution in [1.29, 1.82) is 0 Å². The SMILES string of the molecule is CCC(N)CC(=O)NCC(CC(C)C)C(=O)O. The molecule has 0 saturated heterocycles. The lowest BCUT2D eigenvalue weighted by molar-refractivity contribution is -0.142. The molecule has 1 amide bonds. The van der Waals surface area contributed by atoms with Crippen molar-refractivity contribution in [1.82, 2.24) is 5.32 Å². The number of nitrogens with two attached hydrogens (primary N) is 1. The van der Waals surface area contributed by atoms with E-state index in [1.807, 2.05) is 20.8 Å². The Kier molecular flexibility index (Phi) is 7.54. The van der Waals surface area contributed by atoms with Gasteiger partial charge >= 0.3 is 5.97 Å². The molecule has 0 spiro atoms. The van der Waals surface area contributed by atoms with Gasteiger partial charge in [-0.05, 0) is 18.8 Å². The third kappa shape index (κ3) is 7.74. The Hall–Kier alpha value is -1.10. The zero-order chi connectivity index (χ0) is 13.4. The molecule has 5 heteroatoms. The molecule has 0 aromatic rings. The molecule has 0 heterocycles. The van der Waals surface area contributed by atoms with Crippen molar-refractivity contribution >= 4 is 11.9 Å². The maximum Gasteiger partial charge on any atom is 0.308 e. The van der Waals surface area contributed by atoms with Crippen molar-refractivity contribution in [2.24, 2.45) is 17.6 Å². The number of carbonyl (C=O) groups is 2. The van der Waals surface area contributed by atoms with Gasteiger partial charge in [-0.3, -0.25) is 9.59 Å². The monoisotopic (exact) mass is 244 g/mol. The first-order chi connectivity index (χ1) is 7.86. The number of aliphatic carboxylic acids is 1. The molecule has 0 aliphatic carbocycles. The second-order valence-electron chi connectivity index (χ2n) is 4.84. The lowest BCUT2D eigenvalue weighted by atomic mass is 9.97. The van der Waals surface area contributed by atoms with Crippen LogP contribution in [0.15, 0.2) is 0 Å². The fourth-order valence-corrected chi connectivity index (χ4v) is 1.53. The lowest BCUT2D eigenvalue weighted by Crippen LogP contribution is -2.36. The molecule has 0 aromatic heterocycles. The summed E-state index contributed by atoms with van der Waals surface area (Å²) in [5, 5.41) is 11.6. The highest BCUT2D eigenvalue weighted by molar-refractivity contribution is 5.77. The molecule has 100 valence electrons. The highest BCUT2D eigenvalue weighted by Gasteiger charge is 2.19. The summed E-state index contributed by atoms with van der Waals surface area (Å²) in [6.45, 7) is 6.02. The number of amides is 1. The minimum Gasteiger partial charge on any atom is -0.481 e. The minimum absolute atomic E-state index is 0.150. The van der Waals surface area contributed by atoms with Gasteiger partial charge in [-0.1, -0.05) is 20.8 Å². The molecule has 2 atom stereocenters. The summed E-state index contributed by atoms with van der Waals surface area (Å²) in [5.74, 6) is -1.25. The van der Waals surface area contributed by atoms with Gasteiger partial charge < -0.3 is 16.2 Å². The lowest BCUT2D eigenvalue weighted by Gasteiger charge is -2.16. The summed E-state index contributed by atoms with van der Waals surface area (Å²) in [4.78, 5) is 22.4. The van der Waals surface area contributed by atoms with Gasteiger partial charge in [0.05, 0.1) is 5.92 Å². The minimum atomic E-state index is -0.862. The van der Waals surface area contributed by atoms with E-state index in [-0.39, 0.29) is 24.9 Å². The molecule has 0 fully saturated rings. The van der Waals surface area contributed by atoms with Crippen LogP contribution in [0.2, 0.25) is 0 Å². The van der Waals surface area contributed by atoms with Crippen LogP contribution in [0.1, 0.15) is 40.0 Å². The van der Waals surface area contributed by atoms with Crippen molar-refractivity contribution in [2.45, 2.75) is 46.1 Å². The van der Waals surface area contributed by atoms with Crippen LogP contribution in [-0.2, 0) is 9.59 Å². The van der Waals surface area contributed by atoms with Crippen molar-refractivity contribution in [2.75, 3.05) is 6.54 Å². The predicted molar refractivity (Wildman–Crippen MR) is 66.5 cm³/mol. The Labute approximate surface area is 103 Å². The molecule has 0 bridgehead atoms. The summed E-state index contributed by atoms with van der Waals surface area (Å²) in [7, 11) is 0. The van der Waals surface area contributed by atoms with Gasteiger partial charge in [0.2, 0.25) is 5.91 Å². The highest BCUT2D eigenvalue weighted by Crippen LogP contribution is 2.11. The molecule has 0 aliphatic heterocycles. The van der Waals surface area contributed by atoms with Gasteiger partial charge in [-0.25, -0.2) is 0 Å². The normalized spacial score (nSPS) is 14.4. The zero-order valence-corrected chi connectivity index (χ0v) is 10.9. The molecule has 0 aliphatic rings. The molecule has 2 unspecified atom stereocenters. The van der Waals surface area contributed by atoms with Crippen LogP contribution in [-0.4, -0.2) is 29.6 Å². The molecule has 0 saturated carbocycles. The van der Waals surface area contributed by atoms with E-state index in [2.05, 4.69) is 5.32 Å². The van der Waals surface area contributed by atoms with Gasteiger partial charge in [0.15, 0.2) is 0 Å². The summed E-state index contributed by atoms with van der Waals surface area (Å²) >= 11 is 0. The Balaban J connectivity index is 4.04. The quantitative estimate of drug-likeness (QED) is 0.593. The zero-order valence-electron chi connectivity index (χ0n) is 10.9. The van der Waals surface area contributed by atoms with Crippen molar-refractivity contribution < 1.29 is 14.7 Å². The summed E-state index contributed by atoms with van der Waals surface area (Å²) in [5.41, 5.74) is 5.64. The van der Waals surface area contributed by atoms with E-state index < -0.39 is 11.9 Å². The maximum atomic E-state index is 11.4. The number of hydrogen-bond acceptors (Lipinski definition) is 3. The molecule has 0 aromatic carbocycles. The fourth-order valence-electron chi connectivity index (χ4n) is 1.53. The number of carboxylic acids is 1. The Morgan fingerprint density at radius 2 is 1.94 bits per heavy atom. The summed E-state index contributed by atoms with van der Waals surface area (Å²) < 4.78 is 0. The molecule has 5 nitrogen and oxygen atoms in total. The number of carboxylic acid groups (broad SMARTS) is 1. The fraction of sp³-hybridized carbons (Fsp3) is 0.833. The van der Waals surface area contributed by atoms with Gasteiger partial charge in [-0.15, -0.1) is 0 Å². The van der Waals surface area contributed by atoms with Crippen LogP contribution in [0, 0.1) is 11.8 Å². The van der Waals surface area contributed by atoms with E-state index in [1.54, 1.807) is 0 Å². The molecule has 4 N–H and O–H groups in total. The van der Waals surface area contributed by atoms with Crippen LogP contribution in [0.3, 0.4) is 0 Å². The Bertz CT molecular complexity index is 254. The number of nitrogens with one attached hydrogen (secondary N) is 1. The molecular formula is C12H24N2O3. The van der Waals surface area contributed by atoms with E-state index >= 15 is 0 Å². The van der Waals surface area contributed by atoms with Crippen LogP contribution >= 0.6 is 0 Å². The van der Waals surface area contributed by atoms with Crippen LogP contribution in [0.25, 0.3) is 0 Å². The first kappa shape index (κ1) is 15.9. The van der Waals surface area contributed by atoms with Crippen LogP contribution < -0.4 is 11.1 Å². The van der Waals surface area contributed by atoms with Gasteiger partial charge in [0.1, 0.15) is 0 Å². The van der Waals surface area contributed by atoms with E-state index in [0.29, 0.717) is 12.3 Å². The summed E-state index contributed by atoms with van der Waals surface area (Å²) in [6, 6.07) is -0.150. The molecule has 0 radical (unpaired) electrons. The smallest absolute Gasteiger partial charge is 0.308 e. The van der Waals surface area contributed by atoms with Gasteiger partial charge in [-0.2, -0.15) is 0 Å². The van der Waals surface area contributed by atoms with Crippen molar-refractivity contribution in [3.63, 3.8) is 0 Å². The third-order valence-corrected chi connectivity index (χ3v) is 2.62. The average molecular weight is 244 g/mol. The third-order valence-electron chi connectivity index (χ3n) is 2.62. The molecule has 17 heavy (non-hydrogen) atoms. The Morgan fingerprint density at radius 1 is 1.35 bits per heavy atom. The molecule has 0 rings (SSSR count). The highest BCUT2D eigenvalue weighted by atomic mass is 16.4. The number of hydrogen-bond donors (Lipinski definition) is 3. The number of carbonyl (C=O) groups excluding carboxylic acids is 1. The van der Waals surface area contributed by atoms with E-state index in [0.717, 1.165) is 6.42 Å². The average Bonchev–Trinajstić information content (AvgIpc) is 2.23. The maximum absolute atomic E-state index is 11.4. The van der Waals surface area contributed by atoms with E-state index in [4.69, 9.17) is 10.8 Å². The predicted octanol–water partition coefficient (Wildman–Crippen LogP) is 0.977. The second kappa shape index (κ2) is 8.06. The first-order valence-electron chi connectivity index (χ1n) is 6.11. The standard InChI is InChI=1S/C12H24N2O3/c1-4-10(13)6-11(15)14-7-9(12(16)17)5-8(2)3/h8-10H,4-7,13H2,1-3H3,(H,14,15)(H,16,17). The van der Waals surface area contributed by atoms with E-state index in [1.165, 1.54) is 0 Å². The van der Waals surface area contributed by atoms with E-state index in [9.17, 15) is 9.59 Å². The van der Waals surface area contributed by atoms with Crippen molar-refractivity contribution in [3.8, 4) is 0 Å². The Morgan fingerprint density at radius 3 is 2.35 bits per heavy atom. The van der Waals surface area contributed by atoms with Crippen molar-refractivity contribution in [3.05, 3.63) is 0 Å². The first-order valence-corrected chi connectivity index (χ1v) is 6.11. The molecular weight excluding hydrogens is 220 g/mol. The van der Waals surface area contributed by atoms with Gasteiger partial charge in [0.25, 0.3) is 0 Å². The van der Waals surface area contributed by atoms with Gasteiger partial charge in [0, 0.05) is 19.0 Å². The largest absolute Gasteiger partial charge is 0.481 e. The van der Waals surface area contributed by atoms with Crippen LogP contribution in [0.4, 0.5) is 0 Å². The second-order valence-corrected chi connectivity index (χ2v) is 4.84. The van der Waals surface area contributed by atoms with Crippen LogP contribution in [0.5, 0.6) is 0 Å².